The van der Waals surface area contributed by atoms with Crippen LogP contribution < -0.4 is 5.32 Å². The number of aliphatic imine (C=N–C) groups is 1. The van der Waals surface area contributed by atoms with E-state index in [2.05, 4.69) is 56.2 Å². The highest BCUT2D eigenvalue weighted by Crippen LogP contribution is 2.47. The van der Waals surface area contributed by atoms with E-state index in [1.807, 2.05) is 7.05 Å². The summed E-state index contributed by atoms with van der Waals surface area (Å²) >= 11 is 0. The van der Waals surface area contributed by atoms with Gasteiger partial charge in [-0.25, -0.2) is 0 Å². The number of hydrogen-bond acceptors (Lipinski definition) is 3. The Morgan fingerprint density at radius 2 is 1.69 bits per heavy atom. The summed E-state index contributed by atoms with van der Waals surface area (Å²) in [6, 6.07) is 8.91. The van der Waals surface area contributed by atoms with Crippen molar-refractivity contribution in [1.82, 2.24) is 20.0 Å². The Balaban J connectivity index is 0.00000240. The fraction of sp³-hybridized carbons (Fsp3) is 0.696. The van der Waals surface area contributed by atoms with Crippen LogP contribution in [0.5, 0.6) is 0 Å². The minimum Gasteiger partial charge on any atom is -0.352 e. The highest BCUT2D eigenvalue weighted by atomic mass is 127. The Hall–Kier alpha value is -0.860. The smallest absolute Gasteiger partial charge is 0.193 e. The summed E-state index contributed by atoms with van der Waals surface area (Å²) in [4.78, 5) is 12.2. The molecule has 1 aromatic rings. The molecule has 5 nitrogen and oxygen atoms in total. The van der Waals surface area contributed by atoms with Crippen molar-refractivity contribution < 1.29 is 0 Å². The van der Waals surface area contributed by atoms with Crippen LogP contribution in [-0.2, 0) is 13.1 Å². The molecule has 2 aliphatic heterocycles. The van der Waals surface area contributed by atoms with Gasteiger partial charge in [0, 0.05) is 59.4 Å². The first-order chi connectivity index (χ1) is 13.7. The van der Waals surface area contributed by atoms with Gasteiger partial charge in [-0.2, -0.15) is 0 Å². The highest BCUT2D eigenvalue weighted by Gasteiger charge is 2.43. The normalized spacial score (nSPS) is 22.4. The van der Waals surface area contributed by atoms with Crippen molar-refractivity contribution >= 4 is 29.9 Å². The average Bonchev–Trinajstić information content (AvgIpc) is 3.16. The average molecular weight is 511 g/mol. The van der Waals surface area contributed by atoms with E-state index in [4.69, 9.17) is 0 Å². The Morgan fingerprint density at radius 3 is 2.28 bits per heavy atom. The Morgan fingerprint density at radius 1 is 1.00 bits per heavy atom. The van der Waals surface area contributed by atoms with E-state index in [1.54, 1.807) is 0 Å². The Bertz CT molecular complexity index is 680. The number of likely N-dealkylation sites (tertiary alicyclic amines) is 1. The number of likely N-dealkylation sites (N-methyl/N-ethyl adjacent to an activating group) is 1. The second-order valence-electron chi connectivity index (χ2n) is 8.90. The summed E-state index contributed by atoms with van der Waals surface area (Å²) < 4.78 is 0. The van der Waals surface area contributed by atoms with Crippen LogP contribution in [0.25, 0.3) is 0 Å². The summed E-state index contributed by atoms with van der Waals surface area (Å²) in [7, 11) is 1.92. The van der Waals surface area contributed by atoms with Gasteiger partial charge in [-0.05, 0) is 42.3 Å². The predicted molar refractivity (Wildman–Crippen MR) is 132 cm³/mol. The lowest BCUT2D eigenvalue weighted by molar-refractivity contribution is 0.131. The van der Waals surface area contributed by atoms with Crippen molar-refractivity contribution in [3.8, 4) is 0 Å². The molecule has 162 valence electrons. The molecule has 3 fully saturated rings. The summed E-state index contributed by atoms with van der Waals surface area (Å²) in [5.41, 5.74) is 3.46. The van der Waals surface area contributed by atoms with Crippen LogP contribution in [0.15, 0.2) is 29.3 Å². The minimum atomic E-state index is 0. The molecule has 3 aliphatic rings. The van der Waals surface area contributed by atoms with Gasteiger partial charge < -0.3 is 15.1 Å². The lowest BCUT2D eigenvalue weighted by Gasteiger charge is -2.38. The van der Waals surface area contributed by atoms with Crippen LogP contribution in [0.1, 0.15) is 43.7 Å². The second kappa shape index (κ2) is 10.4. The number of guanidine groups is 1. The quantitative estimate of drug-likeness (QED) is 0.374. The molecular formula is C23H38IN5. The molecule has 1 saturated carbocycles. The van der Waals surface area contributed by atoms with Crippen LogP contribution in [-0.4, -0.2) is 73.5 Å². The first-order valence-electron chi connectivity index (χ1n) is 11.2. The third kappa shape index (κ3) is 5.44. The maximum atomic E-state index is 4.59. The zero-order chi connectivity index (χ0) is 19.4. The van der Waals surface area contributed by atoms with E-state index in [9.17, 15) is 0 Å². The maximum absolute atomic E-state index is 4.59. The number of benzene rings is 1. The van der Waals surface area contributed by atoms with Crippen molar-refractivity contribution in [2.24, 2.45) is 10.4 Å². The van der Waals surface area contributed by atoms with Crippen LogP contribution >= 0.6 is 24.0 Å². The van der Waals surface area contributed by atoms with Crippen molar-refractivity contribution in [3.05, 3.63) is 35.4 Å². The maximum Gasteiger partial charge on any atom is 0.193 e. The lowest BCUT2D eigenvalue weighted by atomic mass is 9.68. The molecule has 1 N–H and O–H groups in total. The second-order valence-corrected chi connectivity index (χ2v) is 8.90. The van der Waals surface area contributed by atoms with Crippen LogP contribution in [0.3, 0.4) is 0 Å². The lowest BCUT2D eigenvalue weighted by Crippen LogP contribution is -2.45. The molecule has 1 aromatic carbocycles. The van der Waals surface area contributed by atoms with Crippen LogP contribution in [0.4, 0.5) is 0 Å². The summed E-state index contributed by atoms with van der Waals surface area (Å²) in [5, 5.41) is 3.66. The molecule has 0 atom stereocenters. The number of nitrogens with zero attached hydrogens (tertiary/aromatic N) is 4. The molecule has 6 heteroatoms. The molecule has 0 bridgehead atoms. The number of piperazine rings is 1. The Kier molecular flexibility index (Phi) is 8.22. The van der Waals surface area contributed by atoms with E-state index in [0.29, 0.717) is 5.41 Å². The van der Waals surface area contributed by atoms with Gasteiger partial charge >= 0.3 is 0 Å². The van der Waals surface area contributed by atoms with Crippen molar-refractivity contribution in [2.45, 2.75) is 45.7 Å². The largest absolute Gasteiger partial charge is 0.352 e. The zero-order valence-corrected chi connectivity index (χ0v) is 20.5. The molecule has 0 amide bonds. The first kappa shape index (κ1) is 22.8. The topological polar surface area (TPSA) is 34.1 Å². The fourth-order valence-corrected chi connectivity index (χ4v) is 5.10. The van der Waals surface area contributed by atoms with Gasteiger partial charge in [-0.1, -0.05) is 37.6 Å². The van der Waals surface area contributed by atoms with Crippen molar-refractivity contribution in [3.63, 3.8) is 0 Å². The van der Waals surface area contributed by atoms with Gasteiger partial charge in [0.2, 0.25) is 0 Å². The fourth-order valence-electron chi connectivity index (χ4n) is 5.10. The summed E-state index contributed by atoms with van der Waals surface area (Å²) in [5.74, 6) is 1.08. The van der Waals surface area contributed by atoms with E-state index in [1.165, 1.54) is 76.1 Å². The highest BCUT2D eigenvalue weighted by molar-refractivity contribution is 14.0. The van der Waals surface area contributed by atoms with E-state index in [0.717, 1.165) is 25.6 Å². The standard InChI is InChI=1S/C23H37N5.HI/c1-3-26-13-15-27(16-14-26)18-21-8-5-4-7-20(21)17-25-22(24-2)28-12-11-23(19-28)9-6-10-23;/h4-5,7-8H,3,6,9-19H2,1-2H3,(H,24,25);1H. The number of rotatable bonds is 5. The monoisotopic (exact) mass is 511 g/mol. The third-order valence-corrected chi connectivity index (χ3v) is 7.23. The zero-order valence-electron chi connectivity index (χ0n) is 18.2. The molecule has 2 heterocycles. The molecule has 2 saturated heterocycles. The van der Waals surface area contributed by atoms with E-state index in [-0.39, 0.29) is 24.0 Å². The van der Waals surface area contributed by atoms with Crippen molar-refractivity contribution in [2.75, 3.05) is 52.9 Å². The first-order valence-corrected chi connectivity index (χ1v) is 11.2. The van der Waals surface area contributed by atoms with E-state index < -0.39 is 0 Å². The summed E-state index contributed by atoms with van der Waals surface area (Å²) in [6.07, 6.45) is 5.58. The minimum absolute atomic E-state index is 0. The molecule has 0 radical (unpaired) electrons. The van der Waals surface area contributed by atoms with Gasteiger partial charge in [0.1, 0.15) is 0 Å². The van der Waals surface area contributed by atoms with Crippen LogP contribution in [0, 0.1) is 5.41 Å². The van der Waals surface area contributed by atoms with Gasteiger partial charge in [0.25, 0.3) is 0 Å². The van der Waals surface area contributed by atoms with Crippen LogP contribution in [0.2, 0.25) is 0 Å². The number of halogens is 1. The third-order valence-electron chi connectivity index (χ3n) is 7.23. The van der Waals surface area contributed by atoms with Gasteiger partial charge in [0.05, 0.1) is 0 Å². The van der Waals surface area contributed by atoms with Gasteiger partial charge in [-0.15, -0.1) is 24.0 Å². The molecule has 29 heavy (non-hydrogen) atoms. The SMILES string of the molecule is CCN1CCN(Cc2ccccc2CNC(=NC)N2CCC3(CCC3)C2)CC1.I. The van der Waals surface area contributed by atoms with Gasteiger partial charge in [0.15, 0.2) is 5.96 Å². The molecule has 0 aromatic heterocycles. The molecule has 1 aliphatic carbocycles. The molecule has 0 unspecified atom stereocenters. The number of hydrogen-bond donors (Lipinski definition) is 1. The van der Waals surface area contributed by atoms with E-state index >= 15 is 0 Å². The van der Waals surface area contributed by atoms with Crippen molar-refractivity contribution in [1.29, 1.82) is 0 Å². The number of nitrogens with one attached hydrogen (secondary N) is 1. The molecular weight excluding hydrogens is 473 g/mol. The Labute approximate surface area is 193 Å². The molecule has 1 spiro atoms. The molecule has 4 rings (SSSR count). The predicted octanol–water partition coefficient (Wildman–Crippen LogP) is 3.39. The van der Waals surface area contributed by atoms with Gasteiger partial charge in [-0.3, -0.25) is 9.89 Å². The summed E-state index contributed by atoms with van der Waals surface area (Å²) in [6.45, 7) is 12.4.